The molecule has 0 aliphatic carbocycles. The predicted octanol–water partition coefficient (Wildman–Crippen LogP) is 0.585. The number of fused-ring (bicyclic) bond motifs is 1. The molecule has 0 amide bonds. The van der Waals surface area contributed by atoms with Gasteiger partial charge in [-0.25, -0.2) is 8.42 Å². The van der Waals surface area contributed by atoms with Crippen molar-refractivity contribution in [1.29, 1.82) is 0 Å². The molecule has 0 unspecified atom stereocenters. The quantitative estimate of drug-likeness (QED) is 0.486. The number of nitro benzene ring substituents is 1. The molecule has 0 aromatic heterocycles. The van der Waals surface area contributed by atoms with Crippen molar-refractivity contribution >= 4 is 21.5 Å². The van der Waals surface area contributed by atoms with Gasteiger partial charge in [0, 0.05) is 24.2 Å². The molecule has 0 saturated heterocycles. The van der Waals surface area contributed by atoms with Crippen LogP contribution in [0.5, 0.6) is 0 Å². The zero-order valence-corrected chi connectivity index (χ0v) is 12.6. The van der Waals surface area contributed by atoms with Gasteiger partial charge in [-0.2, -0.15) is 0 Å². The lowest BCUT2D eigenvalue weighted by Crippen LogP contribution is -2.22. The number of amidine groups is 1. The third kappa shape index (κ3) is 3.37. The summed E-state index contributed by atoms with van der Waals surface area (Å²) in [7, 11) is 0.129. The highest BCUT2D eigenvalue weighted by atomic mass is 32.2. The highest BCUT2D eigenvalue weighted by Crippen LogP contribution is 2.27. The van der Waals surface area contributed by atoms with Crippen LogP contribution in [0, 0.1) is 10.1 Å². The van der Waals surface area contributed by atoms with Crippen LogP contribution in [0.4, 0.5) is 5.69 Å². The number of hydrogen-bond donors (Lipinski definition) is 1. The average molecular weight is 312 g/mol. The molecular formula is C12H16N4O4S. The molecule has 114 valence electrons. The number of benzene rings is 1. The topological polar surface area (TPSA) is 105 Å². The summed E-state index contributed by atoms with van der Waals surface area (Å²) in [5.41, 5.74) is 0.124. The molecule has 0 spiro atoms. The van der Waals surface area contributed by atoms with E-state index in [0.717, 1.165) is 19.0 Å². The van der Waals surface area contributed by atoms with Crippen LogP contribution in [0.15, 0.2) is 28.1 Å². The third-order valence-electron chi connectivity index (χ3n) is 2.99. The lowest BCUT2D eigenvalue weighted by molar-refractivity contribution is -0.385. The summed E-state index contributed by atoms with van der Waals surface area (Å²) in [4.78, 5) is 16.3. The molecule has 8 nitrogen and oxygen atoms in total. The second-order valence-corrected chi connectivity index (χ2v) is 6.58. The Morgan fingerprint density at radius 3 is 2.71 bits per heavy atom. The van der Waals surface area contributed by atoms with Crippen LogP contribution in [-0.4, -0.2) is 51.3 Å². The van der Waals surface area contributed by atoms with Gasteiger partial charge in [0.1, 0.15) is 10.7 Å². The maximum absolute atomic E-state index is 12.0. The Morgan fingerprint density at radius 1 is 1.38 bits per heavy atom. The molecule has 0 fully saturated rings. The van der Waals surface area contributed by atoms with Crippen molar-refractivity contribution in [2.75, 3.05) is 27.2 Å². The number of aliphatic imine (C=N–C) groups is 1. The summed E-state index contributed by atoms with van der Waals surface area (Å²) in [5, 5.41) is 10.7. The van der Waals surface area contributed by atoms with Gasteiger partial charge in [-0.3, -0.25) is 19.8 Å². The number of sulfonamides is 1. The number of non-ortho nitro benzene ring substituents is 1. The van der Waals surface area contributed by atoms with Crippen molar-refractivity contribution in [3.63, 3.8) is 0 Å². The summed E-state index contributed by atoms with van der Waals surface area (Å²) in [6.45, 7) is 1.32. The number of nitrogens with one attached hydrogen (secondary N) is 1. The first-order valence-corrected chi connectivity index (χ1v) is 7.80. The maximum atomic E-state index is 12.0. The Bertz CT molecular complexity index is 697. The van der Waals surface area contributed by atoms with E-state index in [-0.39, 0.29) is 16.4 Å². The van der Waals surface area contributed by atoms with Gasteiger partial charge in [-0.15, -0.1) is 0 Å². The fraction of sp³-hybridized carbons (Fsp3) is 0.417. The number of nitro groups is 1. The third-order valence-corrected chi connectivity index (χ3v) is 4.36. The molecule has 0 atom stereocenters. The van der Waals surface area contributed by atoms with Gasteiger partial charge in [0.05, 0.1) is 4.92 Å². The van der Waals surface area contributed by atoms with Crippen LogP contribution in [-0.2, 0) is 10.0 Å². The molecule has 2 rings (SSSR count). The van der Waals surface area contributed by atoms with Crippen LogP contribution >= 0.6 is 0 Å². The van der Waals surface area contributed by atoms with Crippen molar-refractivity contribution in [3.05, 3.63) is 33.9 Å². The van der Waals surface area contributed by atoms with E-state index >= 15 is 0 Å². The molecule has 1 aromatic rings. The summed E-state index contributed by atoms with van der Waals surface area (Å²) >= 11 is 0. The van der Waals surface area contributed by atoms with Crippen LogP contribution < -0.4 is 4.72 Å². The Morgan fingerprint density at radius 2 is 2.10 bits per heavy atom. The lowest BCUT2D eigenvalue weighted by Gasteiger charge is -2.07. The van der Waals surface area contributed by atoms with Gasteiger partial charge in [-0.05, 0) is 33.1 Å². The minimum absolute atomic E-state index is 0.0944. The predicted molar refractivity (Wildman–Crippen MR) is 78.0 cm³/mol. The monoisotopic (exact) mass is 312 g/mol. The minimum Gasteiger partial charge on any atom is -0.309 e. The summed E-state index contributed by atoms with van der Waals surface area (Å²) in [6.07, 6.45) is 0.792. The van der Waals surface area contributed by atoms with Crippen LogP contribution in [0.3, 0.4) is 0 Å². The molecule has 0 saturated carbocycles. The first-order valence-electron chi connectivity index (χ1n) is 6.32. The van der Waals surface area contributed by atoms with Crippen LogP contribution in [0.1, 0.15) is 12.0 Å². The zero-order chi connectivity index (χ0) is 15.6. The smallest absolute Gasteiger partial charge is 0.270 e. The normalized spacial score (nSPS) is 17.8. The van der Waals surface area contributed by atoms with E-state index in [2.05, 4.69) is 9.71 Å². The molecule has 1 aromatic carbocycles. The van der Waals surface area contributed by atoms with Crippen molar-refractivity contribution < 1.29 is 13.3 Å². The molecular weight excluding hydrogens is 296 g/mol. The minimum atomic E-state index is -3.76. The molecule has 0 radical (unpaired) electrons. The van der Waals surface area contributed by atoms with Gasteiger partial charge in [-0.1, -0.05) is 0 Å². The average Bonchev–Trinajstić information content (AvgIpc) is 2.66. The standard InChI is InChI=1S/C12H16N4O4S/c1-15(2)7-3-6-13-12-10-5-4-9(16(17)18)8-11(10)21(19,20)14-12/h4-5,8H,3,6-7H2,1-2H3,(H,13,14). The first kappa shape index (κ1) is 15.4. The molecule has 21 heavy (non-hydrogen) atoms. The largest absolute Gasteiger partial charge is 0.309 e. The Kier molecular flexibility index (Phi) is 4.24. The van der Waals surface area contributed by atoms with Gasteiger partial charge in [0.15, 0.2) is 0 Å². The highest BCUT2D eigenvalue weighted by Gasteiger charge is 2.32. The van der Waals surface area contributed by atoms with Crippen molar-refractivity contribution in [1.82, 2.24) is 9.62 Å². The molecule has 9 heteroatoms. The molecule has 1 N–H and O–H groups in total. The number of hydrogen-bond acceptors (Lipinski definition) is 6. The SMILES string of the molecule is CN(C)CCCN=C1NS(=O)(=O)c2cc([N+](=O)[O-])ccc21. The fourth-order valence-corrected chi connectivity index (χ4v) is 3.24. The van der Waals surface area contributed by atoms with Gasteiger partial charge in [0.25, 0.3) is 15.7 Å². The Labute approximate surface area is 122 Å². The Balaban J connectivity index is 2.27. The zero-order valence-electron chi connectivity index (χ0n) is 11.7. The second-order valence-electron chi connectivity index (χ2n) is 4.93. The van der Waals surface area contributed by atoms with E-state index in [1.807, 2.05) is 19.0 Å². The van der Waals surface area contributed by atoms with E-state index in [1.165, 1.54) is 12.1 Å². The van der Waals surface area contributed by atoms with E-state index in [9.17, 15) is 18.5 Å². The van der Waals surface area contributed by atoms with Crippen LogP contribution in [0.25, 0.3) is 0 Å². The summed E-state index contributed by atoms with van der Waals surface area (Å²) in [6, 6.07) is 3.74. The maximum Gasteiger partial charge on any atom is 0.270 e. The number of nitrogens with zero attached hydrogens (tertiary/aromatic N) is 3. The summed E-state index contributed by atoms with van der Waals surface area (Å²) in [5.74, 6) is 0.249. The van der Waals surface area contributed by atoms with Crippen LogP contribution in [0.2, 0.25) is 0 Å². The number of rotatable bonds is 5. The molecule has 1 heterocycles. The molecule has 0 bridgehead atoms. The summed E-state index contributed by atoms with van der Waals surface area (Å²) < 4.78 is 26.2. The first-order chi connectivity index (χ1) is 9.81. The van der Waals surface area contributed by atoms with Crippen molar-refractivity contribution in [3.8, 4) is 0 Å². The fourth-order valence-electron chi connectivity index (χ4n) is 1.98. The van der Waals surface area contributed by atoms with Crippen molar-refractivity contribution in [2.24, 2.45) is 4.99 Å². The van der Waals surface area contributed by atoms with E-state index in [0.29, 0.717) is 12.1 Å². The van der Waals surface area contributed by atoms with Gasteiger partial charge >= 0.3 is 0 Å². The van der Waals surface area contributed by atoms with Gasteiger partial charge < -0.3 is 4.90 Å². The molecule has 1 aliphatic rings. The van der Waals surface area contributed by atoms with E-state index in [1.54, 1.807) is 0 Å². The van der Waals surface area contributed by atoms with Crippen molar-refractivity contribution in [2.45, 2.75) is 11.3 Å². The Hall–Kier alpha value is -2.00. The van der Waals surface area contributed by atoms with Gasteiger partial charge in [0.2, 0.25) is 0 Å². The second kappa shape index (κ2) is 5.78. The van der Waals surface area contributed by atoms with E-state index in [4.69, 9.17) is 0 Å². The molecule has 1 aliphatic heterocycles. The highest BCUT2D eigenvalue weighted by molar-refractivity contribution is 7.90. The van der Waals surface area contributed by atoms with E-state index < -0.39 is 14.9 Å². The lowest BCUT2D eigenvalue weighted by atomic mass is 10.2.